The van der Waals surface area contributed by atoms with Crippen molar-refractivity contribution in [2.75, 3.05) is 25.5 Å². The van der Waals surface area contributed by atoms with E-state index in [2.05, 4.69) is 20.0 Å². The van der Waals surface area contributed by atoms with Crippen LogP contribution in [-0.4, -0.2) is 40.7 Å². The maximum Gasteiger partial charge on any atom is 0.244 e. The van der Waals surface area contributed by atoms with Crippen molar-refractivity contribution in [3.05, 3.63) is 59.9 Å². The van der Waals surface area contributed by atoms with Crippen LogP contribution in [0.4, 0.5) is 10.2 Å². The highest BCUT2D eigenvalue weighted by Crippen LogP contribution is 2.33. The van der Waals surface area contributed by atoms with Gasteiger partial charge in [-0.3, -0.25) is 4.90 Å². The molecule has 27 heavy (non-hydrogen) atoms. The quantitative estimate of drug-likeness (QED) is 0.686. The second-order valence-electron chi connectivity index (χ2n) is 7.01. The number of anilines is 1. The van der Waals surface area contributed by atoms with Gasteiger partial charge in [-0.25, -0.2) is 9.37 Å². The fraction of sp³-hybridized carbons (Fsp3) is 0.350. The number of aromatic nitrogens is 3. The Morgan fingerprint density at radius 1 is 1.19 bits per heavy atom. The van der Waals surface area contributed by atoms with E-state index in [0.717, 1.165) is 42.9 Å². The molecule has 1 aromatic carbocycles. The Morgan fingerprint density at radius 2 is 2.00 bits per heavy atom. The third kappa shape index (κ3) is 3.83. The van der Waals surface area contributed by atoms with Crippen LogP contribution in [0.3, 0.4) is 0 Å². The van der Waals surface area contributed by atoms with E-state index in [0.29, 0.717) is 11.7 Å². The molecule has 1 atom stereocenters. The van der Waals surface area contributed by atoms with Crippen LogP contribution in [0.1, 0.15) is 30.3 Å². The Labute approximate surface area is 157 Å². The first-order valence-electron chi connectivity index (χ1n) is 9.06. The van der Waals surface area contributed by atoms with Gasteiger partial charge in [-0.15, -0.1) is 0 Å². The summed E-state index contributed by atoms with van der Waals surface area (Å²) in [6.45, 7) is 1.70. The summed E-state index contributed by atoms with van der Waals surface area (Å²) in [4.78, 5) is 13.3. The summed E-state index contributed by atoms with van der Waals surface area (Å²) in [5.74, 6) is 1.84. The number of rotatable bonds is 5. The molecule has 7 heteroatoms. The van der Waals surface area contributed by atoms with Gasteiger partial charge in [-0.05, 0) is 49.2 Å². The Kier molecular flexibility index (Phi) is 4.85. The minimum Gasteiger partial charge on any atom is -0.363 e. The average Bonchev–Trinajstić information content (AvgIpc) is 3.33. The van der Waals surface area contributed by atoms with Gasteiger partial charge in [0.15, 0.2) is 0 Å². The SMILES string of the molecule is CN(C)c1ccc(-c2noc(C3CCCN3Cc3ccc(F)cc3)n2)cn1. The molecule has 0 spiro atoms. The van der Waals surface area contributed by atoms with Crippen molar-refractivity contribution in [2.45, 2.75) is 25.4 Å². The van der Waals surface area contributed by atoms with Crippen LogP contribution >= 0.6 is 0 Å². The van der Waals surface area contributed by atoms with Gasteiger partial charge in [0, 0.05) is 32.4 Å². The number of hydrogen-bond acceptors (Lipinski definition) is 6. The van der Waals surface area contributed by atoms with Crippen molar-refractivity contribution in [3.8, 4) is 11.4 Å². The molecule has 1 unspecified atom stereocenters. The third-order valence-corrected chi connectivity index (χ3v) is 4.85. The van der Waals surface area contributed by atoms with Crippen molar-refractivity contribution >= 4 is 5.82 Å². The van der Waals surface area contributed by atoms with Crippen LogP contribution in [0.5, 0.6) is 0 Å². The van der Waals surface area contributed by atoms with E-state index in [1.165, 1.54) is 12.1 Å². The van der Waals surface area contributed by atoms with Crippen LogP contribution in [0.25, 0.3) is 11.4 Å². The van der Waals surface area contributed by atoms with Gasteiger partial charge >= 0.3 is 0 Å². The van der Waals surface area contributed by atoms with Gasteiger partial charge in [0.2, 0.25) is 11.7 Å². The molecule has 1 fully saturated rings. The molecule has 1 aliphatic rings. The normalized spacial score (nSPS) is 17.4. The molecular weight excluding hydrogens is 345 g/mol. The highest BCUT2D eigenvalue weighted by atomic mass is 19.1. The van der Waals surface area contributed by atoms with Crippen molar-refractivity contribution < 1.29 is 8.91 Å². The molecular formula is C20H22FN5O. The number of likely N-dealkylation sites (tertiary alicyclic amines) is 1. The molecule has 0 aliphatic carbocycles. The number of benzene rings is 1. The Bertz CT molecular complexity index is 891. The number of pyridine rings is 1. The minimum absolute atomic E-state index is 0.0883. The summed E-state index contributed by atoms with van der Waals surface area (Å²) in [7, 11) is 3.90. The summed E-state index contributed by atoms with van der Waals surface area (Å²) in [5.41, 5.74) is 1.91. The smallest absolute Gasteiger partial charge is 0.244 e. The van der Waals surface area contributed by atoms with E-state index in [1.807, 2.05) is 43.3 Å². The van der Waals surface area contributed by atoms with Crippen molar-refractivity contribution in [3.63, 3.8) is 0 Å². The first kappa shape index (κ1) is 17.6. The van der Waals surface area contributed by atoms with E-state index in [4.69, 9.17) is 4.52 Å². The lowest BCUT2D eigenvalue weighted by Gasteiger charge is -2.21. The monoisotopic (exact) mass is 367 g/mol. The second-order valence-corrected chi connectivity index (χ2v) is 7.01. The lowest BCUT2D eigenvalue weighted by atomic mass is 10.1. The molecule has 140 valence electrons. The zero-order chi connectivity index (χ0) is 18.8. The highest BCUT2D eigenvalue weighted by Gasteiger charge is 2.30. The molecule has 0 bridgehead atoms. The predicted molar refractivity (Wildman–Crippen MR) is 101 cm³/mol. The Morgan fingerprint density at radius 3 is 2.70 bits per heavy atom. The lowest BCUT2D eigenvalue weighted by Crippen LogP contribution is -2.23. The van der Waals surface area contributed by atoms with Crippen LogP contribution in [0.2, 0.25) is 0 Å². The molecule has 0 amide bonds. The van der Waals surface area contributed by atoms with E-state index in [9.17, 15) is 4.39 Å². The topological polar surface area (TPSA) is 58.3 Å². The van der Waals surface area contributed by atoms with Gasteiger partial charge < -0.3 is 9.42 Å². The van der Waals surface area contributed by atoms with Crippen LogP contribution in [0.15, 0.2) is 47.1 Å². The molecule has 0 radical (unpaired) electrons. The standard InChI is InChI=1S/C20H22FN5O/c1-25(2)18-10-7-15(12-22-18)19-23-20(27-24-19)17-4-3-11-26(17)13-14-5-8-16(21)9-6-14/h5-10,12,17H,3-4,11,13H2,1-2H3. The molecule has 2 aromatic heterocycles. The van der Waals surface area contributed by atoms with Gasteiger partial charge in [-0.2, -0.15) is 4.98 Å². The molecule has 4 rings (SSSR count). The fourth-order valence-electron chi connectivity index (χ4n) is 3.39. The van der Waals surface area contributed by atoms with Gasteiger partial charge in [0.25, 0.3) is 0 Å². The number of nitrogens with zero attached hydrogens (tertiary/aromatic N) is 5. The van der Waals surface area contributed by atoms with E-state index in [1.54, 1.807) is 6.20 Å². The molecule has 1 saturated heterocycles. The first-order chi connectivity index (χ1) is 13.1. The average molecular weight is 367 g/mol. The van der Waals surface area contributed by atoms with Crippen LogP contribution in [-0.2, 0) is 6.54 Å². The first-order valence-corrected chi connectivity index (χ1v) is 9.06. The van der Waals surface area contributed by atoms with Gasteiger partial charge in [0.1, 0.15) is 11.6 Å². The minimum atomic E-state index is -0.216. The summed E-state index contributed by atoms with van der Waals surface area (Å²) in [6.07, 6.45) is 3.80. The highest BCUT2D eigenvalue weighted by molar-refractivity contribution is 5.55. The number of hydrogen-bond donors (Lipinski definition) is 0. The van der Waals surface area contributed by atoms with Gasteiger partial charge in [0.05, 0.1) is 6.04 Å². The van der Waals surface area contributed by atoms with Crippen molar-refractivity contribution in [1.82, 2.24) is 20.0 Å². The Hall–Kier alpha value is -2.80. The van der Waals surface area contributed by atoms with Crippen molar-refractivity contribution in [1.29, 1.82) is 0 Å². The fourth-order valence-corrected chi connectivity index (χ4v) is 3.39. The van der Waals surface area contributed by atoms with E-state index in [-0.39, 0.29) is 11.9 Å². The van der Waals surface area contributed by atoms with E-state index < -0.39 is 0 Å². The second kappa shape index (κ2) is 7.44. The Balaban J connectivity index is 1.50. The molecule has 1 aliphatic heterocycles. The molecule has 0 saturated carbocycles. The van der Waals surface area contributed by atoms with Crippen LogP contribution in [0, 0.1) is 5.82 Å². The summed E-state index contributed by atoms with van der Waals surface area (Å²) >= 11 is 0. The molecule has 6 nitrogen and oxygen atoms in total. The predicted octanol–water partition coefficient (Wildman–Crippen LogP) is 3.67. The summed E-state index contributed by atoms with van der Waals surface area (Å²) in [5, 5.41) is 4.14. The van der Waals surface area contributed by atoms with E-state index >= 15 is 0 Å². The largest absolute Gasteiger partial charge is 0.363 e. The summed E-state index contributed by atoms with van der Waals surface area (Å²) in [6, 6.07) is 10.6. The zero-order valence-electron chi connectivity index (χ0n) is 15.5. The molecule has 0 N–H and O–H groups in total. The lowest BCUT2D eigenvalue weighted by molar-refractivity contribution is 0.201. The summed E-state index contributed by atoms with van der Waals surface area (Å²) < 4.78 is 18.7. The molecule has 3 aromatic rings. The van der Waals surface area contributed by atoms with Crippen molar-refractivity contribution in [2.24, 2.45) is 0 Å². The maximum absolute atomic E-state index is 13.1. The maximum atomic E-state index is 13.1. The zero-order valence-corrected chi connectivity index (χ0v) is 15.5. The van der Waals surface area contributed by atoms with Gasteiger partial charge in [-0.1, -0.05) is 17.3 Å². The third-order valence-electron chi connectivity index (χ3n) is 4.85. The molecule has 3 heterocycles. The number of halogens is 1. The van der Waals surface area contributed by atoms with Crippen LogP contribution < -0.4 is 4.90 Å².